The lowest BCUT2D eigenvalue weighted by Gasteiger charge is -2.36. The lowest BCUT2D eigenvalue weighted by molar-refractivity contribution is -0.129. The summed E-state index contributed by atoms with van der Waals surface area (Å²) < 4.78 is 0. The first kappa shape index (κ1) is 19.1. The van der Waals surface area contributed by atoms with Crippen LogP contribution >= 0.6 is 0 Å². The number of carbonyl (C=O) groups excluding carboxylic acids is 2. The van der Waals surface area contributed by atoms with Crippen molar-refractivity contribution in [1.29, 1.82) is 0 Å². The highest BCUT2D eigenvalue weighted by molar-refractivity contribution is 5.88. The Labute approximate surface area is 124 Å². The fourth-order valence-electron chi connectivity index (χ4n) is 2.16. The highest BCUT2D eigenvalue weighted by Crippen LogP contribution is 2.22. The lowest BCUT2D eigenvalue weighted by Crippen LogP contribution is -2.47. The number of hydrogen-bond acceptors (Lipinski definition) is 3. The van der Waals surface area contributed by atoms with Crippen molar-refractivity contribution < 1.29 is 9.59 Å². The van der Waals surface area contributed by atoms with E-state index in [4.69, 9.17) is 0 Å². The molecule has 4 nitrogen and oxygen atoms in total. The first-order chi connectivity index (χ1) is 8.85. The van der Waals surface area contributed by atoms with Crippen molar-refractivity contribution in [3.05, 3.63) is 0 Å². The maximum absolute atomic E-state index is 11.8. The summed E-state index contributed by atoms with van der Waals surface area (Å²) in [6.07, 6.45) is 0.595. The molecule has 0 heterocycles. The van der Waals surface area contributed by atoms with Gasteiger partial charge >= 0.3 is 0 Å². The quantitative estimate of drug-likeness (QED) is 0.815. The van der Waals surface area contributed by atoms with E-state index in [2.05, 4.69) is 31.0 Å². The number of ketones is 1. The Hall–Kier alpha value is -0.900. The first-order valence-electron chi connectivity index (χ1n) is 7.32. The number of Topliss-reactive ketones (excluding diaryl/α,β-unsaturated/α-hetero) is 1. The third-order valence-corrected chi connectivity index (χ3v) is 3.53. The van der Waals surface area contributed by atoms with Crippen LogP contribution in [0, 0.1) is 10.8 Å². The highest BCUT2D eigenvalue weighted by Gasteiger charge is 2.27. The van der Waals surface area contributed by atoms with E-state index in [1.54, 1.807) is 0 Å². The molecule has 0 radical (unpaired) electrons. The monoisotopic (exact) mass is 284 g/mol. The van der Waals surface area contributed by atoms with Gasteiger partial charge in [-0.3, -0.25) is 9.59 Å². The summed E-state index contributed by atoms with van der Waals surface area (Å²) in [5, 5.41) is 2.94. The van der Waals surface area contributed by atoms with E-state index in [9.17, 15) is 9.59 Å². The molecular formula is C16H32N2O2. The second-order valence-corrected chi connectivity index (χ2v) is 7.82. The summed E-state index contributed by atoms with van der Waals surface area (Å²) in [5.41, 5.74) is -0.268. The third-order valence-electron chi connectivity index (χ3n) is 3.53. The largest absolute Gasteiger partial charge is 0.355 e. The highest BCUT2D eigenvalue weighted by atomic mass is 16.2. The normalized spacial score (nSPS) is 14.2. The Morgan fingerprint density at radius 2 is 1.50 bits per heavy atom. The van der Waals surface area contributed by atoms with Gasteiger partial charge in [0.15, 0.2) is 0 Å². The number of hydrogen-bond donors (Lipinski definition) is 1. The topological polar surface area (TPSA) is 49.4 Å². The molecule has 0 aliphatic rings. The van der Waals surface area contributed by atoms with E-state index in [1.165, 1.54) is 0 Å². The first-order valence-corrected chi connectivity index (χ1v) is 7.32. The van der Waals surface area contributed by atoms with Gasteiger partial charge in [-0.1, -0.05) is 41.5 Å². The number of rotatable bonds is 6. The molecular weight excluding hydrogens is 252 g/mol. The van der Waals surface area contributed by atoms with Gasteiger partial charge in [-0.05, 0) is 19.5 Å². The molecule has 118 valence electrons. The maximum Gasteiger partial charge on any atom is 0.220 e. The molecule has 0 aliphatic heterocycles. The van der Waals surface area contributed by atoms with Gasteiger partial charge in [0.2, 0.25) is 5.91 Å². The predicted molar refractivity (Wildman–Crippen MR) is 83.6 cm³/mol. The fraction of sp³-hybridized carbons (Fsp3) is 0.875. The smallest absolute Gasteiger partial charge is 0.220 e. The van der Waals surface area contributed by atoms with Gasteiger partial charge in [-0.25, -0.2) is 0 Å². The summed E-state index contributed by atoms with van der Waals surface area (Å²) in [4.78, 5) is 25.8. The third kappa shape index (κ3) is 7.04. The van der Waals surface area contributed by atoms with Crippen LogP contribution in [0.1, 0.15) is 54.4 Å². The van der Waals surface area contributed by atoms with Gasteiger partial charge in [-0.15, -0.1) is 0 Å². The Balaban J connectivity index is 4.26. The molecule has 4 heteroatoms. The molecule has 0 saturated heterocycles. The molecule has 1 unspecified atom stereocenters. The van der Waals surface area contributed by atoms with Crippen LogP contribution in [0.2, 0.25) is 0 Å². The number of nitrogens with zero attached hydrogens (tertiary/aromatic N) is 1. The van der Waals surface area contributed by atoms with Crippen molar-refractivity contribution >= 4 is 11.7 Å². The Morgan fingerprint density at radius 1 is 1.00 bits per heavy atom. The molecule has 0 saturated carbocycles. The average Bonchev–Trinajstić information content (AvgIpc) is 2.22. The van der Waals surface area contributed by atoms with E-state index in [0.29, 0.717) is 13.0 Å². The van der Waals surface area contributed by atoms with Crippen LogP contribution in [-0.4, -0.2) is 43.3 Å². The molecule has 0 aromatic heterocycles. The van der Waals surface area contributed by atoms with E-state index in [1.807, 2.05) is 34.9 Å². The van der Waals surface area contributed by atoms with Crippen LogP contribution in [0.4, 0.5) is 0 Å². The standard InChI is InChI=1S/C16H32N2O2/c1-15(2,3)12(18(7)8)11-17-14(20)10-9-13(19)16(4,5)6/h12H,9-11H2,1-8H3,(H,17,20). The zero-order chi connectivity index (χ0) is 16.1. The van der Waals surface area contributed by atoms with Crippen molar-refractivity contribution in [2.45, 2.75) is 60.4 Å². The maximum atomic E-state index is 11.8. The fourth-order valence-corrected chi connectivity index (χ4v) is 2.16. The van der Waals surface area contributed by atoms with E-state index in [-0.39, 0.29) is 35.0 Å². The lowest BCUT2D eigenvalue weighted by atomic mass is 9.86. The van der Waals surface area contributed by atoms with Crippen LogP contribution in [-0.2, 0) is 9.59 Å². The van der Waals surface area contributed by atoms with E-state index in [0.717, 1.165) is 0 Å². The summed E-state index contributed by atoms with van der Waals surface area (Å²) in [7, 11) is 4.04. The molecule has 0 aromatic carbocycles. The molecule has 1 atom stereocenters. The molecule has 0 bridgehead atoms. The summed E-state index contributed by atoms with van der Waals surface area (Å²) in [6, 6.07) is 0.268. The van der Waals surface area contributed by atoms with Crippen LogP contribution in [0.3, 0.4) is 0 Å². The molecule has 1 N–H and O–H groups in total. The number of likely N-dealkylation sites (N-methyl/N-ethyl adjacent to an activating group) is 1. The molecule has 0 aromatic rings. The van der Waals surface area contributed by atoms with E-state index < -0.39 is 0 Å². The molecule has 0 aliphatic carbocycles. The van der Waals surface area contributed by atoms with Gasteiger partial charge in [0.1, 0.15) is 5.78 Å². The van der Waals surface area contributed by atoms with Gasteiger partial charge in [0, 0.05) is 30.8 Å². The Morgan fingerprint density at radius 3 is 1.85 bits per heavy atom. The number of nitrogens with one attached hydrogen (secondary N) is 1. The van der Waals surface area contributed by atoms with Crippen molar-refractivity contribution in [2.24, 2.45) is 10.8 Å². The summed E-state index contributed by atoms with van der Waals surface area (Å²) >= 11 is 0. The molecule has 0 rings (SSSR count). The van der Waals surface area contributed by atoms with E-state index >= 15 is 0 Å². The SMILES string of the molecule is CN(C)C(CNC(=O)CCC(=O)C(C)(C)C)C(C)(C)C. The van der Waals surface area contributed by atoms with Gasteiger partial charge in [0.25, 0.3) is 0 Å². The van der Waals surface area contributed by atoms with Gasteiger partial charge in [-0.2, -0.15) is 0 Å². The zero-order valence-electron chi connectivity index (χ0n) is 14.5. The van der Waals surface area contributed by atoms with Crippen LogP contribution in [0.25, 0.3) is 0 Å². The Bertz CT molecular complexity index is 335. The Kier molecular flexibility index (Phi) is 6.88. The molecule has 0 fully saturated rings. The molecule has 20 heavy (non-hydrogen) atoms. The summed E-state index contributed by atoms with van der Waals surface area (Å²) in [5.74, 6) is 0.0892. The number of amides is 1. The van der Waals surface area contributed by atoms with Crippen LogP contribution in [0.15, 0.2) is 0 Å². The zero-order valence-corrected chi connectivity index (χ0v) is 14.5. The average molecular weight is 284 g/mol. The van der Waals surface area contributed by atoms with Crippen LogP contribution < -0.4 is 5.32 Å². The second-order valence-electron chi connectivity index (χ2n) is 7.82. The van der Waals surface area contributed by atoms with Crippen molar-refractivity contribution in [3.8, 4) is 0 Å². The van der Waals surface area contributed by atoms with Crippen molar-refractivity contribution in [3.63, 3.8) is 0 Å². The van der Waals surface area contributed by atoms with Crippen molar-refractivity contribution in [1.82, 2.24) is 10.2 Å². The minimum Gasteiger partial charge on any atom is -0.355 e. The minimum absolute atomic E-state index is 0.0429. The molecule has 1 amide bonds. The second kappa shape index (κ2) is 7.21. The van der Waals surface area contributed by atoms with Gasteiger partial charge in [0.05, 0.1) is 0 Å². The number of carbonyl (C=O) groups is 2. The van der Waals surface area contributed by atoms with Crippen LogP contribution in [0.5, 0.6) is 0 Å². The molecule has 0 spiro atoms. The van der Waals surface area contributed by atoms with Gasteiger partial charge < -0.3 is 10.2 Å². The summed E-state index contributed by atoms with van der Waals surface area (Å²) in [6.45, 7) is 12.7. The predicted octanol–water partition coefficient (Wildman–Crippen LogP) is 2.47. The minimum atomic E-state index is -0.363. The van der Waals surface area contributed by atoms with Crippen molar-refractivity contribution in [2.75, 3.05) is 20.6 Å².